The maximum absolute atomic E-state index is 9.36. The van der Waals surface area contributed by atoms with Gasteiger partial charge >= 0.3 is 0 Å². The maximum atomic E-state index is 9.36. The normalized spacial score (nSPS) is 12.2. The van der Waals surface area contributed by atoms with Gasteiger partial charge in [0.2, 0.25) is 0 Å². The Kier molecular flexibility index (Phi) is 3.84. The number of nitrogens with zero attached hydrogens (tertiary/aromatic N) is 1. The summed E-state index contributed by atoms with van der Waals surface area (Å²) >= 11 is 6.04. The Balaban J connectivity index is 2.21. The zero-order chi connectivity index (χ0) is 13.1. The molecular weight excluding hydrogens is 250 g/mol. The highest BCUT2D eigenvalue weighted by atomic mass is 35.5. The van der Waals surface area contributed by atoms with Crippen LogP contribution in [0, 0.1) is 6.92 Å². The summed E-state index contributed by atoms with van der Waals surface area (Å²) in [5.41, 5.74) is 1.68. The van der Waals surface area contributed by atoms with Gasteiger partial charge in [0.05, 0.1) is 23.0 Å². The average Bonchev–Trinajstić information content (AvgIpc) is 2.34. The van der Waals surface area contributed by atoms with Crippen molar-refractivity contribution in [1.29, 1.82) is 0 Å². The van der Waals surface area contributed by atoms with Gasteiger partial charge in [0, 0.05) is 0 Å². The van der Waals surface area contributed by atoms with E-state index >= 15 is 0 Å². The number of aryl methyl sites for hydroxylation is 1. The lowest BCUT2D eigenvalue weighted by Crippen LogP contribution is -1.95. The van der Waals surface area contributed by atoms with Gasteiger partial charge in [0.15, 0.2) is 0 Å². The first-order valence-electron chi connectivity index (χ1n) is 5.64. The van der Waals surface area contributed by atoms with Crippen molar-refractivity contribution in [3.63, 3.8) is 0 Å². The number of aliphatic hydroxyl groups is 1. The topological polar surface area (TPSA) is 42.4 Å². The van der Waals surface area contributed by atoms with E-state index in [2.05, 4.69) is 4.98 Å². The van der Waals surface area contributed by atoms with E-state index in [9.17, 15) is 5.11 Å². The van der Waals surface area contributed by atoms with Crippen LogP contribution in [-0.4, -0.2) is 10.1 Å². The van der Waals surface area contributed by atoms with Crippen molar-refractivity contribution in [3.8, 4) is 11.5 Å². The van der Waals surface area contributed by atoms with E-state index in [0.717, 1.165) is 5.56 Å². The number of hydrogen-bond acceptors (Lipinski definition) is 3. The summed E-state index contributed by atoms with van der Waals surface area (Å²) in [6.07, 6.45) is 0.988. The Bertz CT molecular complexity index is 538. The molecule has 2 aromatic rings. The SMILES string of the molecule is Cc1ccc(Cl)c(Oc2ccc([C@H](C)O)nc2)c1. The molecule has 0 saturated heterocycles. The van der Waals surface area contributed by atoms with E-state index in [4.69, 9.17) is 16.3 Å². The third-order valence-electron chi connectivity index (χ3n) is 2.50. The van der Waals surface area contributed by atoms with Crippen molar-refractivity contribution in [1.82, 2.24) is 4.98 Å². The van der Waals surface area contributed by atoms with Crippen LogP contribution in [0.1, 0.15) is 24.3 Å². The van der Waals surface area contributed by atoms with Gasteiger partial charge in [0.1, 0.15) is 11.5 Å². The molecule has 0 aliphatic heterocycles. The lowest BCUT2D eigenvalue weighted by atomic mass is 10.2. The van der Waals surface area contributed by atoms with Gasteiger partial charge in [-0.05, 0) is 43.7 Å². The summed E-state index contributed by atoms with van der Waals surface area (Å²) in [5.74, 6) is 1.19. The fraction of sp³-hybridized carbons (Fsp3) is 0.214. The third kappa shape index (κ3) is 3.00. The Hall–Kier alpha value is -1.58. The smallest absolute Gasteiger partial charge is 0.146 e. The molecule has 1 aromatic carbocycles. The summed E-state index contributed by atoms with van der Waals surface area (Å²) in [7, 11) is 0. The fourth-order valence-corrected chi connectivity index (χ4v) is 1.67. The monoisotopic (exact) mass is 263 g/mol. The van der Waals surface area contributed by atoms with Crippen LogP contribution >= 0.6 is 11.6 Å². The molecule has 18 heavy (non-hydrogen) atoms. The Morgan fingerprint density at radius 2 is 2.06 bits per heavy atom. The van der Waals surface area contributed by atoms with E-state index in [1.165, 1.54) is 0 Å². The van der Waals surface area contributed by atoms with Crippen molar-refractivity contribution in [2.24, 2.45) is 0 Å². The molecule has 4 heteroatoms. The molecule has 1 atom stereocenters. The number of benzene rings is 1. The van der Waals surface area contributed by atoms with Gasteiger partial charge in [-0.25, -0.2) is 0 Å². The molecule has 0 aliphatic rings. The summed E-state index contributed by atoms with van der Waals surface area (Å²) in [6, 6.07) is 9.07. The largest absolute Gasteiger partial charge is 0.454 e. The van der Waals surface area contributed by atoms with E-state index in [0.29, 0.717) is 22.2 Å². The minimum atomic E-state index is -0.582. The number of ether oxygens (including phenoxy) is 1. The van der Waals surface area contributed by atoms with Gasteiger partial charge in [-0.2, -0.15) is 0 Å². The summed E-state index contributed by atoms with van der Waals surface area (Å²) in [6.45, 7) is 3.64. The van der Waals surface area contributed by atoms with E-state index in [-0.39, 0.29) is 0 Å². The lowest BCUT2D eigenvalue weighted by Gasteiger charge is -2.09. The second-order valence-electron chi connectivity index (χ2n) is 4.13. The Labute approximate surface area is 111 Å². The number of pyridine rings is 1. The fourth-order valence-electron chi connectivity index (χ4n) is 1.51. The molecule has 2 rings (SSSR count). The highest BCUT2D eigenvalue weighted by Crippen LogP contribution is 2.30. The van der Waals surface area contributed by atoms with Crippen LogP contribution in [0.4, 0.5) is 0 Å². The van der Waals surface area contributed by atoms with Crippen LogP contribution in [0.15, 0.2) is 36.5 Å². The van der Waals surface area contributed by atoms with Crippen LogP contribution in [0.2, 0.25) is 5.02 Å². The van der Waals surface area contributed by atoms with Crippen LogP contribution in [0.5, 0.6) is 11.5 Å². The molecular formula is C14H14ClNO2. The van der Waals surface area contributed by atoms with Gasteiger partial charge in [-0.15, -0.1) is 0 Å². The molecule has 0 radical (unpaired) electrons. The van der Waals surface area contributed by atoms with Crippen LogP contribution in [-0.2, 0) is 0 Å². The first-order chi connectivity index (χ1) is 8.56. The second kappa shape index (κ2) is 5.38. The van der Waals surface area contributed by atoms with Crippen LogP contribution < -0.4 is 4.74 Å². The third-order valence-corrected chi connectivity index (χ3v) is 2.81. The molecule has 0 fully saturated rings. The van der Waals surface area contributed by atoms with E-state index in [1.807, 2.05) is 19.1 Å². The molecule has 1 aromatic heterocycles. The van der Waals surface area contributed by atoms with Crippen molar-refractivity contribution < 1.29 is 9.84 Å². The van der Waals surface area contributed by atoms with Gasteiger partial charge < -0.3 is 9.84 Å². The Morgan fingerprint density at radius 1 is 1.28 bits per heavy atom. The number of halogens is 1. The quantitative estimate of drug-likeness (QED) is 0.914. The first-order valence-corrected chi connectivity index (χ1v) is 6.02. The molecule has 1 N–H and O–H groups in total. The number of hydrogen-bond donors (Lipinski definition) is 1. The highest BCUT2D eigenvalue weighted by molar-refractivity contribution is 6.32. The summed E-state index contributed by atoms with van der Waals surface area (Å²) in [4.78, 5) is 4.11. The van der Waals surface area contributed by atoms with Gasteiger partial charge in [0.25, 0.3) is 0 Å². The van der Waals surface area contributed by atoms with Crippen LogP contribution in [0.25, 0.3) is 0 Å². The van der Waals surface area contributed by atoms with Gasteiger partial charge in [-0.1, -0.05) is 17.7 Å². The van der Waals surface area contributed by atoms with Crippen molar-refractivity contribution in [2.75, 3.05) is 0 Å². The summed E-state index contributed by atoms with van der Waals surface area (Å²) < 4.78 is 5.65. The molecule has 1 heterocycles. The molecule has 0 aliphatic carbocycles. The first kappa shape index (κ1) is 12.9. The maximum Gasteiger partial charge on any atom is 0.146 e. The molecule has 0 saturated carbocycles. The standard InChI is InChI=1S/C14H14ClNO2/c1-9-3-5-12(15)14(7-9)18-11-4-6-13(10(2)17)16-8-11/h3-8,10,17H,1-2H3/t10-/m0/s1. The Morgan fingerprint density at radius 3 is 2.67 bits per heavy atom. The highest BCUT2D eigenvalue weighted by Gasteiger charge is 2.06. The molecule has 94 valence electrons. The molecule has 3 nitrogen and oxygen atoms in total. The summed E-state index contributed by atoms with van der Waals surface area (Å²) in [5, 5.41) is 9.92. The molecule has 0 spiro atoms. The number of rotatable bonds is 3. The zero-order valence-corrected chi connectivity index (χ0v) is 11.0. The van der Waals surface area contributed by atoms with Crippen molar-refractivity contribution >= 4 is 11.6 Å². The average molecular weight is 264 g/mol. The molecule has 0 amide bonds. The van der Waals surface area contributed by atoms with Crippen molar-refractivity contribution in [3.05, 3.63) is 52.8 Å². The molecule has 0 unspecified atom stereocenters. The minimum Gasteiger partial charge on any atom is -0.454 e. The van der Waals surface area contributed by atoms with Crippen molar-refractivity contribution in [2.45, 2.75) is 20.0 Å². The van der Waals surface area contributed by atoms with Gasteiger partial charge in [-0.3, -0.25) is 4.98 Å². The van der Waals surface area contributed by atoms with E-state index < -0.39 is 6.10 Å². The number of aliphatic hydroxyl groups excluding tert-OH is 1. The zero-order valence-electron chi connectivity index (χ0n) is 10.2. The van der Waals surface area contributed by atoms with E-state index in [1.54, 1.807) is 31.3 Å². The predicted octanol–water partition coefficient (Wildman–Crippen LogP) is 3.89. The van der Waals surface area contributed by atoms with Crippen LogP contribution in [0.3, 0.4) is 0 Å². The molecule has 0 bridgehead atoms. The minimum absolute atomic E-state index is 0.556. The predicted molar refractivity (Wildman–Crippen MR) is 71.1 cm³/mol. The lowest BCUT2D eigenvalue weighted by molar-refractivity contribution is 0.194. The number of aromatic nitrogens is 1. The second-order valence-corrected chi connectivity index (χ2v) is 4.54.